The van der Waals surface area contributed by atoms with Gasteiger partial charge >= 0.3 is 0 Å². The van der Waals surface area contributed by atoms with Crippen LogP contribution in [0.15, 0.2) is 53.7 Å². The Morgan fingerprint density at radius 3 is 2.72 bits per heavy atom. The Hall–Kier alpha value is -2.91. The lowest BCUT2D eigenvalue weighted by atomic mass is 10.2. The first-order chi connectivity index (χ1) is 13.9. The van der Waals surface area contributed by atoms with Gasteiger partial charge in [0.2, 0.25) is 5.91 Å². The normalized spacial score (nSPS) is 10.6. The number of hydrogen-bond donors (Lipinski definition) is 2. The van der Waals surface area contributed by atoms with Crippen molar-refractivity contribution >= 4 is 40.9 Å². The van der Waals surface area contributed by atoms with Gasteiger partial charge in [0.1, 0.15) is 5.82 Å². The smallest absolute Gasteiger partial charge is 0.254 e. The second-order valence-corrected chi connectivity index (χ2v) is 7.35. The molecule has 0 bridgehead atoms. The fraction of sp³-hybridized carbons (Fsp3) is 0.158. The highest BCUT2D eigenvalue weighted by Crippen LogP contribution is 2.18. The largest absolute Gasteiger partial charge is 0.345 e. The predicted molar refractivity (Wildman–Crippen MR) is 109 cm³/mol. The van der Waals surface area contributed by atoms with Crippen molar-refractivity contribution in [3.63, 3.8) is 0 Å². The number of benzene rings is 2. The molecule has 10 heteroatoms. The number of rotatable bonds is 7. The molecule has 0 aliphatic rings. The van der Waals surface area contributed by atoms with Crippen molar-refractivity contribution in [3.8, 4) is 0 Å². The molecule has 0 fully saturated rings. The maximum absolute atomic E-state index is 13.7. The van der Waals surface area contributed by atoms with Gasteiger partial charge in [0.15, 0.2) is 11.0 Å². The molecule has 0 aliphatic carbocycles. The van der Waals surface area contributed by atoms with Crippen molar-refractivity contribution in [1.29, 1.82) is 0 Å². The standard InChI is InChI=1S/C19H17ClFN5O2S/c1-26-16(10-22-18(28)14-7-2-3-8-15(14)21)24-25-19(26)29-11-17(27)23-13-6-4-5-12(20)9-13/h2-9H,10-11H2,1H3,(H,22,28)(H,23,27). The molecule has 3 rings (SSSR count). The molecule has 0 saturated carbocycles. The molecule has 2 amide bonds. The fourth-order valence-electron chi connectivity index (χ4n) is 2.42. The third-order valence-corrected chi connectivity index (χ3v) is 5.15. The molecule has 2 N–H and O–H groups in total. The Morgan fingerprint density at radius 2 is 1.97 bits per heavy atom. The Balaban J connectivity index is 1.53. The number of nitrogens with one attached hydrogen (secondary N) is 2. The van der Waals surface area contributed by atoms with Gasteiger partial charge < -0.3 is 15.2 Å². The number of halogens is 2. The number of hydrogen-bond acceptors (Lipinski definition) is 5. The van der Waals surface area contributed by atoms with Gasteiger partial charge in [0.05, 0.1) is 17.9 Å². The van der Waals surface area contributed by atoms with Crippen molar-refractivity contribution < 1.29 is 14.0 Å². The van der Waals surface area contributed by atoms with Crippen LogP contribution in [0.2, 0.25) is 5.02 Å². The maximum Gasteiger partial charge on any atom is 0.254 e. The highest BCUT2D eigenvalue weighted by atomic mass is 35.5. The second-order valence-electron chi connectivity index (χ2n) is 5.97. The molecular weight excluding hydrogens is 417 g/mol. The summed E-state index contributed by atoms with van der Waals surface area (Å²) in [6, 6.07) is 12.6. The SMILES string of the molecule is Cn1c(CNC(=O)c2ccccc2F)nnc1SCC(=O)Nc1cccc(Cl)c1. The third-order valence-electron chi connectivity index (χ3n) is 3.89. The number of thioether (sulfide) groups is 1. The van der Waals surface area contributed by atoms with E-state index in [0.717, 1.165) is 0 Å². The van der Waals surface area contributed by atoms with E-state index in [4.69, 9.17) is 11.6 Å². The maximum atomic E-state index is 13.7. The predicted octanol–water partition coefficient (Wildman–Crippen LogP) is 3.27. The molecule has 2 aromatic carbocycles. The zero-order valence-electron chi connectivity index (χ0n) is 15.4. The lowest BCUT2D eigenvalue weighted by Crippen LogP contribution is -2.25. The van der Waals surface area contributed by atoms with Crippen LogP contribution in [0.3, 0.4) is 0 Å². The number of carbonyl (C=O) groups is 2. The summed E-state index contributed by atoms with van der Waals surface area (Å²) >= 11 is 7.10. The van der Waals surface area contributed by atoms with Gasteiger partial charge in [0.25, 0.3) is 5.91 Å². The number of aromatic nitrogens is 3. The zero-order chi connectivity index (χ0) is 20.8. The lowest BCUT2D eigenvalue weighted by Gasteiger charge is -2.07. The van der Waals surface area contributed by atoms with Crippen LogP contribution in [0, 0.1) is 5.82 Å². The molecule has 150 valence electrons. The van der Waals surface area contributed by atoms with Gasteiger partial charge in [-0.25, -0.2) is 4.39 Å². The molecular formula is C19H17ClFN5O2S. The minimum absolute atomic E-state index is 0.0399. The Morgan fingerprint density at radius 1 is 1.17 bits per heavy atom. The Kier molecular flexibility index (Phi) is 6.84. The molecule has 0 radical (unpaired) electrons. The quantitative estimate of drug-likeness (QED) is 0.558. The van der Waals surface area contributed by atoms with E-state index in [-0.39, 0.29) is 23.8 Å². The van der Waals surface area contributed by atoms with E-state index in [1.54, 1.807) is 41.9 Å². The van der Waals surface area contributed by atoms with E-state index >= 15 is 0 Å². The first kappa shape index (κ1) is 20.8. The second kappa shape index (κ2) is 9.53. The van der Waals surface area contributed by atoms with E-state index < -0.39 is 11.7 Å². The Labute approximate surface area is 175 Å². The van der Waals surface area contributed by atoms with Gasteiger partial charge in [0, 0.05) is 17.8 Å². The van der Waals surface area contributed by atoms with Crippen LogP contribution in [0.4, 0.5) is 10.1 Å². The molecule has 3 aromatic rings. The summed E-state index contributed by atoms with van der Waals surface area (Å²) in [5.74, 6) is -0.742. The minimum atomic E-state index is -0.593. The van der Waals surface area contributed by atoms with E-state index in [1.807, 2.05) is 0 Å². The van der Waals surface area contributed by atoms with Crippen LogP contribution in [-0.4, -0.2) is 32.3 Å². The first-order valence-corrected chi connectivity index (χ1v) is 9.89. The van der Waals surface area contributed by atoms with Gasteiger partial charge in [-0.2, -0.15) is 0 Å². The van der Waals surface area contributed by atoms with Crippen LogP contribution in [0.5, 0.6) is 0 Å². The first-order valence-electron chi connectivity index (χ1n) is 8.53. The number of nitrogens with zero attached hydrogens (tertiary/aromatic N) is 3. The average molecular weight is 434 g/mol. The summed E-state index contributed by atoms with van der Waals surface area (Å²) in [5.41, 5.74) is 0.569. The number of anilines is 1. The summed E-state index contributed by atoms with van der Waals surface area (Å²) < 4.78 is 15.3. The van der Waals surface area contributed by atoms with E-state index in [0.29, 0.717) is 21.7 Å². The molecule has 0 aliphatic heterocycles. The van der Waals surface area contributed by atoms with E-state index in [1.165, 1.54) is 30.0 Å². The average Bonchev–Trinajstić information content (AvgIpc) is 3.04. The molecule has 0 spiro atoms. The van der Waals surface area contributed by atoms with Crippen LogP contribution >= 0.6 is 23.4 Å². The summed E-state index contributed by atoms with van der Waals surface area (Å²) in [5, 5.41) is 14.4. The summed E-state index contributed by atoms with van der Waals surface area (Å²) in [6.07, 6.45) is 0. The molecule has 7 nitrogen and oxygen atoms in total. The summed E-state index contributed by atoms with van der Waals surface area (Å²) in [7, 11) is 1.72. The van der Waals surface area contributed by atoms with E-state index in [2.05, 4.69) is 20.8 Å². The Bertz CT molecular complexity index is 1040. The highest BCUT2D eigenvalue weighted by Gasteiger charge is 2.14. The van der Waals surface area contributed by atoms with Gasteiger partial charge in [-0.1, -0.05) is 41.6 Å². The van der Waals surface area contributed by atoms with Crippen molar-refractivity contribution in [2.24, 2.45) is 7.05 Å². The lowest BCUT2D eigenvalue weighted by molar-refractivity contribution is -0.113. The molecule has 29 heavy (non-hydrogen) atoms. The van der Waals surface area contributed by atoms with Gasteiger partial charge in [-0.3, -0.25) is 9.59 Å². The fourth-order valence-corrected chi connectivity index (χ4v) is 3.34. The van der Waals surface area contributed by atoms with Gasteiger partial charge in [-0.15, -0.1) is 10.2 Å². The van der Waals surface area contributed by atoms with Crippen molar-refractivity contribution in [2.45, 2.75) is 11.7 Å². The van der Waals surface area contributed by atoms with Crippen molar-refractivity contribution in [1.82, 2.24) is 20.1 Å². The summed E-state index contributed by atoms with van der Waals surface area (Å²) in [4.78, 5) is 24.2. The third kappa shape index (κ3) is 5.55. The molecule has 0 saturated heterocycles. The van der Waals surface area contributed by atoms with Crippen LogP contribution in [0.1, 0.15) is 16.2 Å². The number of carbonyl (C=O) groups excluding carboxylic acids is 2. The number of amides is 2. The molecule has 0 unspecified atom stereocenters. The zero-order valence-corrected chi connectivity index (χ0v) is 16.9. The van der Waals surface area contributed by atoms with Gasteiger partial charge in [-0.05, 0) is 30.3 Å². The van der Waals surface area contributed by atoms with Crippen molar-refractivity contribution in [3.05, 3.63) is 70.8 Å². The van der Waals surface area contributed by atoms with Crippen LogP contribution in [-0.2, 0) is 18.4 Å². The molecule has 1 aromatic heterocycles. The van der Waals surface area contributed by atoms with Crippen molar-refractivity contribution in [2.75, 3.05) is 11.1 Å². The van der Waals surface area contributed by atoms with Crippen LogP contribution in [0.25, 0.3) is 0 Å². The highest BCUT2D eigenvalue weighted by molar-refractivity contribution is 7.99. The van der Waals surface area contributed by atoms with Crippen LogP contribution < -0.4 is 10.6 Å². The molecule has 1 heterocycles. The minimum Gasteiger partial charge on any atom is -0.345 e. The monoisotopic (exact) mass is 433 g/mol. The topological polar surface area (TPSA) is 88.9 Å². The van der Waals surface area contributed by atoms with E-state index in [9.17, 15) is 14.0 Å². The summed E-state index contributed by atoms with van der Waals surface area (Å²) in [6.45, 7) is 0.0753. The molecule has 0 atom stereocenters.